The third-order valence-corrected chi connectivity index (χ3v) is 3.92. The normalized spacial score (nSPS) is 23.1. The van der Waals surface area contributed by atoms with Crippen molar-refractivity contribution in [3.8, 4) is 0 Å². The fourth-order valence-electron chi connectivity index (χ4n) is 2.73. The van der Waals surface area contributed by atoms with Gasteiger partial charge < -0.3 is 20.3 Å². The van der Waals surface area contributed by atoms with Crippen molar-refractivity contribution in [2.75, 3.05) is 13.2 Å². The first-order valence-corrected chi connectivity index (χ1v) is 7.40. The number of carbonyl (C=O) groups is 1. The Balaban J connectivity index is 1.71. The highest BCUT2D eigenvalue weighted by atomic mass is 16.3. The van der Waals surface area contributed by atoms with Crippen molar-refractivity contribution in [2.45, 2.75) is 44.7 Å². The Morgan fingerprint density at radius 3 is 2.95 bits per heavy atom. The molecule has 2 atom stereocenters. The molecule has 0 saturated heterocycles. The van der Waals surface area contributed by atoms with Crippen molar-refractivity contribution in [1.82, 2.24) is 20.2 Å². The van der Waals surface area contributed by atoms with Crippen LogP contribution in [0.25, 0.3) is 0 Å². The molecule has 1 fully saturated rings. The predicted octanol–water partition coefficient (Wildman–Crippen LogP) is 1.12. The van der Waals surface area contributed by atoms with Gasteiger partial charge in [0.1, 0.15) is 0 Å². The van der Waals surface area contributed by atoms with Crippen molar-refractivity contribution >= 4 is 6.03 Å². The highest BCUT2D eigenvalue weighted by Gasteiger charge is 2.24. The van der Waals surface area contributed by atoms with Gasteiger partial charge in [-0.15, -0.1) is 0 Å². The van der Waals surface area contributed by atoms with Gasteiger partial charge in [-0.05, 0) is 12.8 Å². The molecule has 0 aromatic carbocycles. The Kier molecular flexibility index (Phi) is 5.86. The fraction of sp³-hybridized carbons (Fsp3) is 0.714. The zero-order valence-corrected chi connectivity index (χ0v) is 11.8. The first kappa shape index (κ1) is 14.8. The van der Waals surface area contributed by atoms with Gasteiger partial charge in [0.15, 0.2) is 0 Å². The van der Waals surface area contributed by atoms with Crippen molar-refractivity contribution in [3.05, 3.63) is 18.7 Å². The molecule has 6 nitrogen and oxygen atoms in total. The molecule has 2 rings (SSSR count). The quantitative estimate of drug-likeness (QED) is 0.707. The minimum absolute atomic E-state index is 0.0933. The van der Waals surface area contributed by atoms with Gasteiger partial charge in [-0.1, -0.05) is 19.3 Å². The highest BCUT2D eigenvalue weighted by molar-refractivity contribution is 5.74. The average molecular weight is 280 g/mol. The molecule has 6 heteroatoms. The standard InChI is InChI=1S/C14H24N4O2/c19-10-12-4-2-1-3-5-13(12)17-14(20)16-7-9-18-8-6-15-11-18/h6,8,11-13,19H,1-5,7,9-10H2,(H2,16,17,20). The zero-order valence-electron chi connectivity index (χ0n) is 11.8. The molecule has 1 aromatic heterocycles. The minimum Gasteiger partial charge on any atom is -0.396 e. The number of amides is 2. The van der Waals surface area contributed by atoms with Crippen LogP contribution >= 0.6 is 0 Å². The van der Waals surface area contributed by atoms with E-state index < -0.39 is 0 Å². The molecule has 0 spiro atoms. The summed E-state index contributed by atoms with van der Waals surface area (Å²) in [6.07, 6.45) is 10.7. The molecule has 1 aliphatic carbocycles. The van der Waals surface area contributed by atoms with E-state index in [0.29, 0.717) is 13.1 Å². The van der Waals surface area contributed by atoms with Gasteiger partial charge in [0.2, 0.25) is 0 Å². The average Bonchev–Trinajstić information content (AvgIpc) is 2.85. The van der Waals surface area contributed by atoms with E-state index in [0.717, 1.165) is 25.7 Å². The van der Waals surface area contributed by atoms with E-state index in [9.17, 15) is 9.90 Å². The second kappa shape index (κ2) is 7.89. The molecule has 3 N–H and O–H groups in total. The third-order valence-electron chi connectivity index (χ3n) is 3.92. The van der Waals surface area contributed by atoms with Crippen LogP contribution in [0.5, 0.6) is 0 Å². The second-order valence-electron chi connectivity index (χ2n) is 5.39. The summed E-state index contributed by atoms with van der Waals surface area (Å²) in [6, 6.07) is -0.0498. The van der Waals surface area contributed by atoms with Crippen LogP contribution in [0.2, 0.25) is 0 Å². The minimum atomic E-state index is -0.143. The van der Waals surface area contributed by atoms with E-state index >= 15 is 0 Å². The van der Waals surface area contributed by atoms with Crippen LogP contribution in [0.3, 0.4) is 0 Å². The summed E-state index contributed by atoms with van der Waals surface area (Å²) < 4.78 is 1.92. The van der Waals surface area contributed by atoms with E-state index in [1.54, 1.807) is 12.5 Å². The number of aliphatic hydroxyl groups is 1. The lowest BCUT2D eigenvalue weighted by molar-refractivity contribution is 0.179. The first-order chi connectivity index (χ1) is 9.79. The van der Waals surface area contributed by atoms with Gasteiger partial charge in [0.05, 0.1) is 6.33 Å². The highest BCUT2D eigenvalue weighted by Crippen LogP contribution is 2.22. The number of nitrogens with one attached hydrogen (secondary N) is 2. The maximum absolute atomic E-state index is 11.9. The second-order valence-corrected chi connectivity index (χ2v) is 5.39. The number of hydrogen-bond donors (Lipinski definition) is 3. The van der Waals surface area contributed by atoms with Crippen LogP contribution in [-0.4, -0.2) is 39.9 Å². The Bertz CT molecular complexity index is 394. The molecule has 1 heterocycles. The molecule has 20 heavy (non-hydrogen) atoms. The van der Waals surface area contributed by atoms with E-state index in [1.165, 1.54) is 6.42 Å². The van der Waals surface area contributed by atoms with Gasteiger partial charge in [-0.2, -0.15) is 0 Å². The Morgan fingerprint density at radius 1 is 1.35 bits per heavy atom. The number of carbonyl (C=O) groups excluding carboxylic acids is 1. The maximum Gasteiger partial charge on any atom is 0.315 e. The van der Waals surface area contributed by atoms with Crippen molar-refractivity contribution in [1.29, 1.82) is 0 Å². The molecule has 2 unspecified atom stereocenters. The predicted molar refractivity (Wildman–Crippen MR) is 76.2 cm³/mol. The summed E-state index contributed by atoms with van der Waals surface area (Å²) in [5.41, 5.74) is 0. The fourth-order valence-corrected chi connectivity index (χ4v) is 2.73. The largest absolute Gasteiger partial charge is 0.396 e. The van der Waals surface area contributed by atoms with E-state index in [4.69, 9.17) is 0 Å². The summed E-state index contributed by atoms with van der Waals surface area (Å²) in [5.74, 6) is 0.192. The van der Waals surface area contributed by atoms with E-state index in [2.05, 4.69) is 15.6 Å². The van der Waals surface area contributed by atoms with Crippen LogP contribution in [0, 0.1) is 5.92 Å². The van der Waals surface area contributed by atoms with Gasteiger partial charge in [0, 0.05) is 44.0 Å². The number of nitrogens with zero attached hydrogens (tertiary/aromatic N) is 2. The Morgan fingerprint density at radius 2 is 2.20 bits per heavy atom. The molecule has 1 aromatic rings. The van der Waals surface area contributed by atoms with Crippen LogP contribution < -0.4 is 10.6 Å². The smallest absolute Gasteiger partial charge is 0.315 e. The summed E-state index contributed by atoms with van der Waals surface area (Å²) >= 11 is 0. The van der Waals surface area contributed by atoms with E-state index in [-0.39, 0.29) is 24.6 Å². The monoisotopic (exact) mass is 280 g/mol. The zero-order chi connectivity index (χ0) is 14.2. The molecule has 0 bridgehead atoms. The molecule has 1 aliphatic rings. The molecule has 0 radical (unpaired) electrons. The first-order valence-electron chi connectivity index (χ1n) is 7.40. The molecule has 112 valence electrons. The van der Waals surface area contributed by atoms with Crippen molar-refractivity contribution < 1.29 is 9.90 Å². The number of hydrogen-bond acceptors (Lipinski definition) is 3. The third kappa shape index (κ3) is 4.52. The molecule has 1 saturated carbocycles. The summed E-state index contributed by atoms with van der Waals surface area (Å²) in [6.45, 7) is 1.43. The van der Waals surface area contributed by atoms with Crippen LogP contribution in [-0.2, 0) is 6.54 Å². The number of rotatable bonds is 5. The summed E-state index contributed by atoms with van der Waals surface area (Å²) in [7, 11) is 0. The van der Waals surface area contributed by atoms with Crippen molar-refractivity contribution in [2.24, 2.45) is 5.92 Å². The molecular formula is C14H24N4O2. The summed E-state index contributed by atoms with van der Waals surface area (Å²) in [4.78, 5) is 15.8. The molecule has 2 amide bonds. The van der Waals surface area contributed by atoms with Crippen LogP contribution in [0.15, 0.2) is 18.7 Å². The van der Waals surface area contributed by atoms with Gasteiger partial charge >= 0.3 is 6.03 Å². The number of aliphatic hydroxyl groups excluding tert-OH is 1. The summed E-state index contributed by atoms with van der Waals surface area (Å²) in [5, 5.41) is 15.3. The van der Waals surface area contributed by atoms with Gasteiger partial charge in [-0.3, -0.25) is 0 Å². The van der Waals surface area contributed by atoms with Crippen LogP contribution in [0.1, 0.15) is 32.1 Å². The van der Waals surface area contributed by atoms with Crippen molar-refractivity contribution in [3.63, 3.8) is 0 Å². The van der Waals surface area contributed by atoms with E-state index in [1.807, 2.05) is 10.8 Å². The van der Waals surface area contributed by atoms with Gasteiger partial charge in [-0.25, -0.2) is 9.78 Å². The lowest BCUT2D eigenvalue weighted by atomic mass is 9.96. The van der Waals surface area contributed by atoms with Crippen LogP contribution in [0.4, 0.5) is 4.79 Å². The number of imidazole rings is 1. The molecule has 0 aliphatic heterocycles. The lowest BCUT2D eigenvalue weighted by Crippen LogP contribution is -2.46. The Hall–Kier alpha value is -1.56. The lowest BCUT2D eigenvalue weighted by Gasteiger charge is -2.24. The SMILES string of the molecule is O=C(NCCn1ccnc1)NC1CCCCCC1CO. The maximum atomic E-state index is 11.9. The number of urea groups is 1. The number of aromatic nitrogens is 2. The molecular weight excluding hydrogens is 256 g/mol. The van der Waals surface area contributed by atoms with Gasteiger partial charge in [0.25, 0.3) is 0 Å². The Labute approximate surface area is 119 Å². The topological polar surface area (TPSA) is 79.2 Å².